The van der Waals surface area contributed by atoms with Crippen LogP contribution in [0, 0.1) is 11.8 Å². The van der Waals surface area contributed by atoms with Gasteiger partial charge >= 0.3 is 6.09 Å². The Labute approximate surface area is 107 Å². The lowest BCUT2D eigenvalue weighted by atomic mass is 10.0. The molecule has 2 rings (SSSR count). The monoisotopic (exact) mass is 247 g/mol. The highest BCUT2D eigenvalue weighted by molar-refractivity contribution is 5.69. The molecule has 1 aliphatic heterocycles. The lowest BCUT2D eigenvalue weighted by molar-refractivity contribution is -0.111. The SMILES string of the molecule is C[C@@H]1CN(C(=O)OCc2ccccc2)C[C@@H]1C=O. The molecule has 2 atom stereocenters. The Balaban J connectivity index is 1.84. The van der Waals surface area contributed by atoms with E-state index in [1.165, 1.54) is 0 Å². The molecule has 4 nitrogen and oxygen atoms in total. The van der Waals surface area contributed by atoms with Crippen LogP contribution in [0.1, 0.15) is 12.5 Å². The summed E-state index contributed by atoms with van der Waals surface area (Å²) in [6.45, 7) is 3.31. The van der Waals surface area contributed by atoms with Gasteiger partial charge in [0.2, 0.25) is 0 Å². The number of ether oxygens (including phenoxy) is 1. The molecule has 1 fully saturated rings. The van der Waals surface area contributed by atoms with Gasteiger partial charge in [0.15, 0.2) is 0 Å². The molecule has 0 bridgehead atoms. The quantitative estimate of drug-likeness (QED) is 0.768. The van der Waals surface area contributed by atoms with Crippen LogP contribution in [0.2, 0.25) is 0 Å². The van der Waals surface area contributed by atoms with Crippen LogP contribution >= 0.6 is 0 Å². The summed E-state index contributed by atoms with van der Waals surface area (Å²) in [6.07, 6.45) is 0.588. The summed E-state index contributed by atoms with van der Waals surface area (Å²) in [5, 5.41) is 0. The van der Waals surface area contributed by atoms with Gasteiger partial charge in [-0.2, -0.15) is 0 Å². The van der Waals surface area contributed by atoms with Gasteiger partial charge in [0, 0.05) is 19.0 Å². The second-order valence-corrected chi connectivity index (χ2v) is 4.72. The van der Waals surface area contributed by atoms with E-state index in [-0.39, 0.29) is 24.5 Å². The molecule has 1 aliphatic rings. The highest BCUT2D eigenvalue weighted by atomic mass is 16.6. The summed E-state index contributed by atoms with van der Waals surface area (Å²) in [4.78, 5) is 24.2. The number of carbonyl (C=O) groups is 2. The van der Waals surface area contributed by atoms with E-state index in [9.17, 15) is 9.59 Å². The van der Waals surface area contributed by atoms with Crippen LogP contribution in [-0.2, 0) is 16.1 Å². The second-order valence-electron chi connectivity index (χ2n) is 4.72. The molecule has 1 aromatic rings. The van der Waals surface area contributed by atoms with Gasteiger partial charge in [-0.1, -0.05) is 37.3 Å². The fourth-order valence-corrected chi connectivity index (χ4v) is 2.13. The summed E-state index contributed by atoms with van der Waals surface area (Å²) in [7, 11) is 0. The minimum atomic E-state index is -0.338. The Morgan fingerprint density at radius 1 is 1.39 bits per heavy atom. The average molecular weight is 247 g/mol. The fraction of sp³-hybridized carbons (Fsp3) is 0.429. The molecule has 96 valence electrons. The van der Waals surface area contributed by atoms with Crippen molar-refractivity contribution >= 4 is 12.4 Å². The number of carbonyl (C=O) groups excluding carboxylic acids is 2. The van der Waals surface area contributed by atoms with Crippen molar-refractivity contribution in [2.75, 3.05) is 13.1 Å². The number of amides is 1. The van der Waals surface area contributed by atoms with Crippen molar-refractivity contribution in [1.29, 1.82) is 0 Å². The molecule has 1 heterocycles. The number of benzene rings is 1. The molecule has 18 heavy (non-hydrogen) atoms. The Hall–Kier alpha value is -1.84. The van der Waals surface area contributed by atoms with Crippen molar-refractivity contribution in [2.45, 2.75) is 13.5 Å². The molecule has 0 aliphatic carbocycles. The maximum absolute atomic E-state index is 11.8. The van der Waals surface area contributed by atoms with Crippen molar-refractivity contribution in [3.63, 3.8) is 0 Å². The number of nitrogens with zero attached hydrogens (tertiary/aromatic N) is 1. The number of rotatable bonds is 3. The number of hydrogen-bond donors (Lipinski definition) is 0. The molecule has 0 aromatic heterocycles. The zero-order valence-corrected chi connectivity index (χ0v) is 10.4. The molecule has 1 aromatic carbocycles. The first kappa shape index (κ1) is 12.6. The van der Waals surface area contributed by atoms with Gasteiger partial charge in [0.25, 0.3) is 0 Å². The van der Waals surface area contributed by atoms with E-state index in [1.54, 1.807) is 4.90 Å². The summed E-state index contributed by atoms with van der Waals surface area (Å²) in [6, 6.07) is 9.55. The molecule has 0 N–H and O–H groups in total. The highest BCUT2D eigenvalue weighted by Gasteiger charge is 2.32. The van der Waals surface area contributed by atoms with Crippen LogP contribution in [-0.4, -0.2) is 30.4 Å². The van der Waals surface area contributed by atoms with E-state index in [2.05, 4.69) is 0 Å². The van der Waals surface area contributed by atoms with Crippen LogP contribution in [0.15, 0.2) is 30.3 Å². The third-order valence-electron chi connectivity index (χ3n) is 3.31. The van der Waals surface area contributed by atoms with Gasteiger partial charge in [-0.25, -0.2) is 4.79 Å². The summed E-state index contributed by atoms with van der Waals surface area (Å²) >= 11 is 0. The minimum Gasteiger partial charge on any atom is -0.445 e. The summed E-state index contributed by atoms with van der Waals surface area (Å²) in [5.74, 6) is 0.154. The lowest BCUT2D eigenvalue weighted by Gasteiger charge is -2.15. The fourth-order valence-electron chi connectivity index (χ4n) is 2.13. The zero-order chi connectivity index (χ0) is 13.0. The molecular formula is C14H17NO3. The highest BCUT2D eigenvalue weighted by Crippen LogP contribution is 2.21. The van der Waals surface area contributed by atoms with E-state index in [0.717, 1.165) is 11.8 Å². The van der Waals surface area contributed by atoms with E-state index >= 15 is 0 Å². The number of aldehydes is 1. The van der Waals surface area contributed by atoms with Crippen LogP contribution in [0.3, 0.4) is 0 Å². The first-order valence-corrected chi connectivity index (χ1v) is 6.11. The third-order valence-corrected chi connectivity index (χ3v) is 3.31. The molecule has 0 unspecified atom stereocenters. The number of hydrogen-bond acceptors (Lipinski definition) is 3. The maximum atomic E-state index is 11.8. The minimum absolute atomic E-state index is 0.0609. The summed E-state index contributed by atoms with van der Waals surface area (Å²) < 4.78 is 5.22. The van der Waals surface area contributed by atoms with Gasteiger partial charge < -0.3 is 14.4 Å². The predicted octanol–water partition coefficient (Wildman–Crippen LogP) is 2.09. The van der Waals surface area contributed by atoms with Crippen LogP contribution in [0.25, 0.3) is 0 Å². The molecule has 4 heteroatoms. The van der Waals surface area contributed by atoms with E-state index in [1.807, 2.05) is 37.3 Å². The van der Waals surface area contributed by atoms with Crippen LogP contribution in [0.5, 0.6) is 0 Å². The van der Waals surface area contributed by atoms with E-state index in [0.29, 0.717) is 13.1 Å². The van der Waals surface area contributed by atoms with Crippen molar-refractivity contribution in [3.8, 4) is 0 Å². The predicted molar refractivity (Wildman–Crippen MR) is 66.9 cm³/mol. The normalized spacial score (nSPS) is 22.8. The lowest BCUT2D eigenvalue weighted by Crippen LogP contribution is -2.29. The summed E-state index contributed by atoms with van der Waals surface area (Å²) in [5.41, 5.74) is 0.963. The van der Waals surface area contributed by atoms with Crippen molar-refractivity contribution in [1.82, 2.24) is 4.90 Å². The Morgan fingerprint density at radius 2 is 2.11 bits per heavy atom. The topological polar surface area (TPSA) is 46.6 Å². The van der Waals surface area contributed by atoms with Gasteiger partial charge in [-0.05, 0) is 11.5 Å². The average Bonchev–Trinajstić information content (AvgIpc) is 2.78. The molecule has 1 saturated heterocycles. The van der Waals surface area contributed by atoms with Gasteiger partial charge in [0.05, 0.1) is 0 Å². The Kier molecular flexibility index (Phi) is 3.97. The Morgan fingerprint density at radius 3 is 2.72 bits per heavy atom. The van der Waals surface area contributed by atoms with Crippen LogP contribution < -0.4 is 0 Å². The van der Waals surface area contributed by atoms with Gasteiger partial charge in [-0.15, -0.1) is 0 Å². The standard InChI is InChI=1S/C14H17NO3/c1-11-7-15(8-13(11)9-16)14(17)18-10-12-5-3-2-4-6-12/h2-6,9,11,13H,7-8,10H2,1H3/t11-,13-/m1/s1. The molecule has 0 spiro atoms. The van der Waals surface area contributed by atoms with Crippen molar-refractivity contribution in [3.05, 3.63) is 35.9 Å². The van der Waals surface area contributed by atoms with Gasteiger partial charge in [0.1, 0.15) is 12.9 Å². The first-order valence-electron chi connectivity index (χ1n) is 6.11. The molecule has 1 amide bonds. The maximum Gasteiger partial charge on any atom is 0.410 e. The van der Waals surface area contributed by atoms with E-state index < -0.39 is 0 Å². The van der Waals surface area contributed by atoms with Crippen molar-refractivity contribution < 1.29 is 14.3 Å². The molecular weight excluding hydrogens is 230 g/mol. The largest absolute Gasteiger partial charge is 0.445 e. The second kappa shape index (κ2) is 5.67. The van der Waals surface area contributed by atoms with Gasteiger partial charge in [-0.3, -0.25) is 0 Å². The zero-order valence-electron chi connectivity index (χ0n) is 10.4. The first-order chi connectivity index (χ1) is 8.70. The third kappa shape index (κ3) is 2.88. The molecule has 0 radical (unpaired) electrons. The Bertz CT molecular complexity index is 418. The van der Waals surface area contributed by atoms with Crippen LogP contribution in [0.4, 0.5) is 4.79 Å². The van der Waals surface area contributed by atoms with E-state index in [4.69, 9.17) is 4.74 Å². The smallest absolute Gasteiger partial charge is 0.410 e. The number of likely N-dealkylation sites (tertiary alicyclic amines) is 1. The molecule has 0 saturated carbocycles. The van der Waals surface area contributed by atoms with Crippen molar-refractivity contribution in [2.24, 2.45) is 11.8 Å².